The molecule has 5 rings (SSSR count). The number of carboxylic acids is 1. The van der Waals surface area contributed by atoms with E-state index in [9.17, 15) is 9.90 Å². The number of rotatable bonds is 11. The third-order valence-electron chi connectivity index (χ3n) is 7.17. The summed E-state index contributed by atoms with van der Waals surface area (Å²) < 4.78 is 8.16. The molecule has 4 nitrogen and oxygen atoms in total. The van der Waals surface area contributed by atoms with Gasteiger partial charge in [0.1, 0.15) is 11.9 Å². The number of hydrogen-bond acceptors (Lipinski definition) is 3. The second-order valence-electron chi connectivity index (χ2n) is 9.77. The molecular formula is C34H32NNaO3. The van der Waals surface area contributed by atoms with E-state index < -0.39 is 12.1 Å². The summed E-state index contributed by atoms with van der Waals surface area (Å²) in [5.41, 5.74) is 6.06. The molecule has 0 saturated carbocycles. The number of carbonyl (C=O) groups excluding carboxylic acids is 1. The molecule has 0 aliphatic heterocycles. The Morgan fingerprint density at radius 3 is 2.26 bits per heavy atom. The topological polar surface area (TPSA) is 54.3 Å². The fourth-order valence-corrected chi connectivity index (χ4v) is 5.08. The van der Waals surface area contributed by atoms with Crippen molar-refractivity contribution in [1.82, 2.24) is 4.57 Å². The van der Waals surface area contributed by atoms with Crippen LogP contribution in [0.5, 0.6) is 5.75 Å². The fourth-order valence-electron chi connectivity index (χ4n) is 5.08. The van der Waals surface area contributed by atoms with Crippen molar-refractivity contribution in [2.45, 2.75) is 45.3 Å². The van der Waals surface area contributed by atoms with E-state index in [0.29, 0.717) is 5.75 Å². The number of benzene rings is 4. The second kappa shape index (κ2) is 13.7. The molecule has 1 atom stereocenters. The molecule has 0 spiro atoms. The third kappa shape index (κ3) is 7.42. The molecule has 0 unspecified atom stereocenters. The van der Waals surface area contributed by atoms with E-state index >= 15 is 0 Å². The van der Waals surface area contributed by atoms with Crippen LogP contribution in [0.3, 0.4) is 0 Å². The van der Waals surface area contributed by atoms with Crippen LogP contribution in [0.1, 0.15) is 28.1 Å². The minimum Gasteiger partial charge on any atom is -0.546 e. The Kier molecular flexibility index (Phi) is 10.0. The normalized spacial score (nSPS) is 11.6. The Morgan fingerprint density at radius 2 is 1.49 bits per heavy atom. The maximum absolute atomic E-state index is 11.6. The summed E-state index contributed by atoms with van der Waals surface area (Å²) in [7, 11) is 0. The molecule has 0 radical (unpaired) electrons. The predicted octanol–water partition coefficient (Wildman–Crippen LogP) is 2.72. The van der Waals surface area contributed by atoms with E-state index in [1.54, 1.807) is 0 Å². The number of ether oxygens (including phenoxy) is 1. The Balaban J connectivity index is 0.00000353. The Morgan fingerprint density at radius 1 is 0.769 bits per heavy atom. The SMILES string of the molecule is Cc1ccc(CCc2cccc3ccccc23)n1CCc1ccc(O[C@H](Cc2ccccc2)C(=O)[O-])cc1.[Na+]. The van der Waals surface area contributed by atoms with Crippen molar-refractivity contribution in [3.8, 4) is 5.75 Å². The van der Waals surface area contributed by atoms with Gasteiger partial charge in [-0.3, -0.25) is 0 Å². The van der Waals surface area contributed by atoms with Crippen molar-refractivity contribution in [1.29, 1.82) is 0 Å². The quantitative estimate of drug-likeness (QED) is 0.249. The van der Waals surface area contributed by atoms with Crippen LogP contribution in [0, 0.1) is 6.92 Å². The molecule has 0 fully saturated rings. The van der Waals surface area contributed by atoms with Gasteiger partial charge in [0, 0.05) is 24.4 Å². The van der Waals surface area contributed by atoms with Crippen molar-refractivity contribution in [2.24, 2.45) is 0 Å². The monoisotopic (exact) mass is 525 g/mol. The number of carbonyl (C=O) groups is 1. The minimum absolute atomic E-state index is 0. The van der Waals surface area contributed by atoms with Crippen molar-refractivity contribution >= 4 is 16.7 Å². The Labute approximate surface area is 252 Å². The van der Waals surface area contributed by atoms with Gasteiger partial charge in [-0.2, -0.15) is 0 Å². The molecule has 192 valence electrons. The molecule has 0 saturated heterocycles. The van der Waals surface area contributed by atoms with Gasteiger partial charge in [0.25, 0.3) is 0 Å². The summed E-state index contributed by atoms with van der Waals surface area (Å²) in [5.74, 6) is -0.677. The van der Waals surface area contributed by atoms with Crippen LogP contribution >= 0.6 is 0 Å². The number of carboxylic acid groups (broad SMARTS) is 1. The van der Waals surface area contributed by atoms with Crippen molar-refractivity contribution in [2.75, 3.05) is 0 Å². The average Bonchev–Trinajstić information content (AvgIpc) is 3.30. The smallest absolute Gasteiger partial charge is 0.546 e. The Hall–Kier alpha value is -3.31. The summed E-state index contributed by atoms with van der Waals surface area (Å²) in [6.45, 7) is 3.05. The van der Waals surface area contributed by atoms with Crippen molar-refractivity contribution < 1.29 is 44.2 Å². The van der Waals surface area contributed by atoms with Crippen molar-refractivity contribution in [3.05, 3.63) is 137 Å². The zero-order valence-corrected chi connectivity index (χ0v) is 24.7. The standard InChI is InChI=1S/C34H33NO3.Na/c1-25-14-18-30(19-17-29-12-7-11-28-10-5-6-13-32(28)29)35(25)23-22-26-15-20-31(21-16-26)38-33(34(36)37)24-27-8-3-2-4-9-27;/h2-16,18,20-21,33H,17,19,22-24H2,1H3,(H,36,37);/q;+1/p-1/t33-;/m1./s1. The molecule has 0 aliphatic carbocycles. The van der Waals surface area contributed by atoms with E-state index in [1.165, 1.54) is 33.3 Å². The van der Waals surface area contributed by atoms with E-state index in [2.05, 4.69) is 66.1 Å². The molecule has 0 amide bonds. The van der Waals surface area contributed by atoms with Crippen LogP contribution in [-0.2, 0) is 37.0 Å². The first-order chi connectivity index (χ1) is 18.6. The summed E-state index contributed by atoms with van der Waals surface area (Å²) in [5, 5.41) is 14.3. The van der Waals surface area contributed by atoms with Gasteiger partial charge in [0.15, 0.2) is 0 Å². The summed E-state index contributed by atoms with van der Waals surface area (Å²) in [6, 6.07) is 36.7. The zero-order chi connectivity index (χ0) is 26.3. The third-order valence-corrected chi connectivity index (χ3v) is 7.17. The summed E-state index contributed by atoms with van der Waals surface area (Å²) in [4.78, 5) is 11.6. The van der Waals surface area contributed by atoms with Crippen molar-refractivity contribution in [3.63, 3.8) is 0 Å². The zero-order valence-electron chi connectivity index (χ0n) is 22.7. The largest absolute Gasteiger partial charge is 1.00 e. The molecular weight excluding hydrogens is 493 g/mol. The molecule has 39 heavy (non-hydrogen) atoms. The number of hydrogen-bond donors (Lipinski definition) is 0. The predicted molar refractivity (Wildman–Crippen MR) is 150 cm³/mol. The van der Waals surface area contributed by atoms with Crippen LogP contribution < -0.4 is 39.4 Å². The number of aliphatic carboxylic acids is 1. The first-order valence-corrected chi connectivity index (χ1v) is 13.2. The minimum atomic E-state index is -1.21. The summed E-state index contributed by atoms with van der Waals surface area (Å²) >= 11 is 0. The molecule has 1 heterocycles. The van der Waals surface area contributed by atoms with Gasteiger partial charge in [-0.15, -0.1) is 0 Å². The molecule has 4 aromatic carbocycles. The molecule has 5 heteroatoms. The van der Waals surface area contributed by atoms with Gasteiger partial charge in [-0.1, -0.05) is 84.9 Å². The number of nitrogens with zero attached hydrogens (tertiary/aromatic N) is 1. The van der Waals surface area contributed by atoms with Crippen LogP contribution in [0.4, 0.5) is 0 Å². The Bertz CT molecular complexity index is 1500. The fraction of sp³-hybridized carbons (Fsp3) is 0.206. The maximum atomic E-state index is 11.6. The van der Waals surface area contributed by atoms with Gasteiger partial charge in [0.2, 0.25) is 0 Å². The van der Waals surface area contributed by atoms with Crippen LogP contribution in [-0.4, -0.2) is 16.6 Å². The van der Waals surface area contributed by atoms with Gasteiger partial charge in [-0.05, 0) is 77.9 Å². The number of fused-ring (bicyclic) bond motifs is 1. The summed E-state index contributed by atoms with van der Waals surface area (Å²) in [6.07, 6.45) is 2.10. The van der Waals surface area contributed by atoms with Gasteiger partial charge >= 0.3 is 29.6 Å². The average molecular weight is 526 g/mol. The first kappa shape index (κ1) is 28.7. The van der Waals surface area contributed by atoms with E-state index in [0.717, 1.165) is 31.4 Å². The van der Waals surface area contributed by atoms with E-state index in [4.69, 9.17) is 4.74 Å². The molecule has 1 aromatic heterocycles. The van der Waals surface area contributed by atoms with E-state index in [1.807, 2.05) is 54.6 Å². The van der Waals surface area contributed by atoms with Gasteiger partial charge < -0.3 is 19.2 Å². The molecule has 5 aromatic rings. The van der Waals surface area contributed by atoms with Crippen LogP contribution in [0.15, 0.2) is 109 Å². The second-order valence-corrected chi connectivity index (χ2v) is 9.77. The van der Waals surface area contributed by atoms with Gasteiger partial charge in [0.05, 0.1) is 5.97 Å². The first-order valence-electron chi connectivity index (χ1n) is 13.2. The molecule has 0 bridgehead atoms. The van der Waals surface area contributed by atoms with Crippen LogP contribution in [0.2, 0.25) is 0 Å². The van der Waals surface area contributed by atoms with Crippen LogP contribution in [0.25, 0.3) is 10.8 Å². The van der Waals surface area contributed by atoms with E-state index in [-0.39, 0.29) is 36.0 Å². The van der Waals surface area contributed by atoms with Gasteiger partial charge in [-0.25, -0.2) is 0 Å². The number of aryl methyl sites for hydroxylation is 4. The number of aromatic nitrogens is 1. The molecule has 0 N–H and O–H groups in total. The maximum Gasteiger partial charge on any atom is 1.00 e. The molecule has 0 aliphatic rings.